The average Bonchev–Trinajstić information content (AvgIpc) is 2.78. The van der Waals surface area contributed by atoms with Crippen molar-refractivity contribution in [2.24, 2.45) is 0 Å². The van der Waals surface area contributed by atoms with Crippen LogP contribution in [0.1, 0.15) is 64.4 Å². The lowest BCUT2D eigenvalue weighted by Crippen LogP contribution is -2.38. The lowest BCUT2D eigenvalue weighted by molar-refractivity contribution is 0.101. The Kier molecular flexibility index (Phi) is 9.15. The number of likely N-dealkylation sites (tertiary alicyclic amines) is 1. The molecule has 1 aliphatic rings. The van der Waals surface area contributed by atoms with Gasteiger partial charge in [-0.3, -0.25) is 4.98 Å². The molecule has 0 amide bonds. The summed E-state index contributed by atoms with van der Waals surface area (Å²) in [6.07, 6.45) is 10.5. The Hall–Kier alpha value is -1.66. The number of pyridine rings is 1. The van der Waals surface area contributed by atoms with E-state index in [1.807, 2.05) is 12.3 Å². The van der Waals surface area contributed by atoms with Crippen molar-refractivity contribution in [2.75, 3.05) is 31.1 Å². The maximum Gasteiger partial charge on any atom is 0.150 e. The van der Waals surface area contributed by atoms with Crippen molar-refractivity contribution in [1.82, 2.24) is 9.88 Å². The van der Waals surface area contributed by atoms with Gasteiger partial charge in [-0.15, -0.1) is 0 Å². The van der Waals surface area contributed by atoms with Gasteiger partial charge in [0.1, 0.15) is 27.2 Å². The number of unbranched alkanes of at least 4 members (excludes halogenated alkanes) is 3. The van der Waals surface area contributed by atoms with Crippen LogP contribution in [0.5, 0.6) is 5.75 Å². The third kappa shape index (κ3) is 7.46. The Balaban J connectivity index is 1.52. The van der Waals surface area contributed by atoms with Crippen molar-refractivity contribution < 1.29 is 13.2 Å². The molecule has 0 radical (unpaired) electrons. The number of benzene rings is 1. The van der Waals surface area contributed by atoms with Gasteiger partial charge in [0.2, 0.25) is 0 Å². The van der Waals surface area contributed by atoms with Crippen molar-refractivity contribution in [3.8, 4) is 5.75 Å². The first kappa shape index (κ1) is 24.0. The SMILES string of the molecule is CCCCCc1cc(OC2CCN(CCCCS(=O)(=O)CC)CC2)c2ncccc2c1. The summed E-state index contributed by atoms with van der Waals surface area (Å²) in [7, 11) is -2.84. The number of aromatic nitrogens is 1. The van der Waals surface area contributed by atoms with Crippen LogP contribution in [0, 0.1) is 0 Å². The normalized spacial score (nSPS) is 16.1. The van der Waals surface area contributed by atoms with Gasteiger partial charge >= 0.3 is 0 Å². The minimum atomic E-state index is -2.84. The van der Waals surface area contributed by atoms with Gasteiger partial charge in [-0.2, -0.15) is 0 Å². The van der Waals surface area contributed by atoms with Gasteiger partial charge in [0.15, 0.2) is 0 Å². The quantitative estimate of drug-likeness (QED) is 0.428. The summed E-state index contributed by atoms with van der Waals surface area (Å²) in [5.74, 6) is 1.49. The summed E-state index contributed by atoms with van der Waals surface area (Å²) >= 11 is 0. The zero-order chi connectivity index (χ0) is 22.1. The van der Waals surface area contributed by atoms with E-state index in [1.54, 1.807) is 6.92 Å². The number of rotatable bonds is 12. The van der Waals surface area contributed by atoms with Crippen LogP contribution < -0.4 is 4.74 Å². The van der Waals surface area contributed by atoms with Crippen molar-refractivity contribution in [3.63, 3.8) is 0 Å². The fraction of sp³-hybridized carbons (Fsp3) is 0.640. The van der Waals surface area contributed by atoms with Crippen molar-refractivity contribution in [3.05, 3.63) is 36.0 Å². The number of nitrogens with zero attached hydrogens (tertiary/aromatic N) is 2. The largest absolute Gasteiger partial charge is 0.488 e. The molecule has 0 N–H and O–H groups in total. The van der Waals surface area contributed by atoms with Crippen LogP contribution in [0.15, 0.2) is 30.5 Å². The monoisotopic (exact) mass is 446 g/mol. The lowest BCUT2D eigenvalue weighted by atomic mass is 10.0. The van der Waals surface area contributed by atoms with E-state index < -0.39 is 9.84 Å². The van der Waals surface area contributed by atoms with Crippen molar-refractivity contribution in [2.45, 2.75) is 71.3 Å². The zero-order valence-corrected chi connectivity index (χ0v) is 20.0. The van der Waals surface area contributed by atoms with E-state index >= 15 is 0 Å². The molecule has 1 aromatic heterocycles. The Morgan fingerprint density at radius 2 is 1.90 bits per heavy atom. The second-order valence-electron chi connectivity index (χ2n) is 8.73. The van der Waals surface area contributed by atoms with E-state index in [9.17, 15) is 8.42 Å². The Morgan fingerprint density at radius 3 is 2.65 bits per heavy atom. The van der Waals surface area contributed by atoms with E-state index in [4.69, 9.17) is 4.74 Å². The molecule has 0 unspecified atom stereocenters. The predicted octanol–water partition coefficient (Wildman–Crippen LogP) is 5.03. The minimum Gasteiger partial charge on any atom is -0.488 e. The number of hydrogen-bond donors (Lipinski definition) is 0. The van der Waals surface area contributed by atoms with E-state index in [2.05, 4.69) is 35.0 Å². The first-order valence-electron chi connectivity index (χ1n) is 12.0. The van der Waals surface area contributed by atoms with Crippen LogP contribution in [-0.2, 0) is 16.3 Å². The summed E-state index contributed by atoms with van der Waals surface area (Å²) in [6.45, 7) is 6.95. The zero-order valence-electron chi connectivity index (χ0n) is 19.2. The summed E-state index contributed by atoms with van der Waals surface area (Å²) in [5, 5.41) is 1.16. The molecule has 6 heteroatoms. The second kappa shape index (κ2) is 11.8. The fourth-order valence-electron chi connectivity index (χ4n) is 4.26. The third-order valence-corrected chi connectivity index (χ3v) is 8.04. The number of aryl methyl sites for hydroxylation is 1. The summed E-state index contributed by atoms with van der Waals surface area (Å²) in [6, 6.07) is 8.57. The Labute approximate surface area is 188 Å². The van der Waals surface area contributed by atoms with E-state index in [0.717, 1.165) is 68.4 Å². The molecule has 3 rings (SSSR count). The molecular formula is C25H38N2O3S. The molecule has 0 aliphatic carbocycles. The Bertz CT molecular complexity index is 922. The minimum absolute atomic E-state index is 0.216. The topological polar surface area (TPSA) is 59.5 Å². The standard InChI is InChI=1S/C25H38N2O3S/c1-3-5-6-10-21-19-22-11-9-14-26-25(22)24(20-21)30-23-12-16-27(17-13-23)15-7-8-18-31(28,29)4-2/h9,11,14,19-20,23H,3-8,10,12-13,15-18H2,1-2H3. The summed E-state index contributed by atoms with van der Waals surface area (Å²) < 4.78 is 29.7. The van der Waals surface area contributed by atoms with Gasteiger partial charge in [-0.25, -0.2) is 8.42 Å². The molecule has 5 nitrogen and oxygen atoms in total. The molecule has 1 aromatic carbocycles. The molecule has 0 spiro atoms. The lowest BCUT2D eigenvalue weighted by Gasteiger charge is -2.32. The maximum atomic E-state index is 11.6. The smallest absolute Gasteiger partial charge is 0.150 e. The van der Waals surface area contributed by atoms with E-state index in [-0.39, 0.29) is 11.9 Å². The second-order valence-corrected chi connectivity index (χ2v) is 11.2. The van der Waals surface area contributed by atoms with Crippen LogP contribution in [0.3, 0.4) is 0 Å². The highest BCUT2D eigenvalue weighted by Gasteiger charge is 2.21. The number of hydrogen-bond acceptors (Lipinski definition) is 5. The van der Waals surface area contributed by atoms with Gasteiger partial charge in [-0.05, 0) is 68.8 Å². The van der Waals surface area contributed by atoms with Gasteiger partial charge in [0, 0.05) is 30.4 Å². The fourth-order valence-corrected chi connectivity index (χ4v) is 5.20. The molecular weight excluding hydrogens is 408 g/mol. The van der Waals surface area contributed by atoms with Gasteiger partial charge in [-0.1, -0.05) is 32.8 Å². The molecule has 1 saturated heterocycles. The highest BCUT2D eigenvalue weighted by atomic mass is 32.2. The van der Waals surface area contributed by atoms with E-state index in [1.165, 1.54) is 24.8 Å². The molecule has 0 bridgehead atoms. The number of sulfone groups is 1. The first-order chi connectivity index (χ1) is 15.0. The van der Waals surface area contributed by atoms with Gasteiger partial charge in [0.05, 0.1) is 5.75 Å². The van der Waals surface area contributed by atoms with Crippen molar-refractivity contribution >= 4 is 20.7 Å². The number of ether oxygens (including phenoxy) is 1. The summed E-state index contributed by atoms with van der Waals surface area (Å²) in [5.41, 5.74) is 2.30. The molecule has 2 aromatic rings. The third-order valence-electron chi connectivity index (χ3n) is 6.25. The number of piperidine rings is 1. The van der Waals surface area contributed by atoms with Gasteiger partial charge < -0.3 is 9.64 Å². The van der Waals surface area contributed by atoms with Crippen LogP contribution in [0.25, 0.3) is 10.9 Å². The van der Waals surface area contributed by atoms with E-state index in [0.29, 0.717) is 5.75 Å². The first-order valence-corrected chi connectivity index (χ1v) is 13.8. The highest BCUT2D eigenvalue weighted by molar-refractivity contribution is 7.91. The van der Waals surface area contributed by atoms with Crippen LogP contribution in [-0.4, -0.2) is 55.5 Å². The molecule has 1 fully saturated rings. The van der Waals surface area contributed by atoms with Crippen LogP contribution >= 0.6 is 0 Å². The molecule has 31 heavy (non-hydrogen) atoms. The average molecular weight is 447 g/mol. The van der Waals surface area contributed by atoms with Gasteiger partial charge in [0.25, 0.3) is 0 Å². The van der Waals surface area contributed by atoms with Crippen LogP contribution in [0.4, 0.5) is 0 Å². The predicted molar refractivity (Wildman–Crippen MR) is 129 cm³/mol. The highest BCUT2D eigenvalue weighted by Crippen LogP contribution is 2.29. The molecule has 1 aliphatic heterocycles. The number of fused-ring (bicyclic) bond motifs is 1. The Morgan fingerprint density at radius 1 is 1.10 bits per heavy atom. The molecule has 2 heterocycles. The van der Waals surface area contributed by atoms with Crippen LogP contribution in [0.2, 0.25) is 0 Å². The maximum absolute atomic E-state index is 11.6. The summed E-state index contributed by atoms with van der Waals surface area (Å²) in [4.78, 5) is 7.03. The molecule has 0 saturated carbocycles. The molecule has 0 atom stereocenters. The van der Waals surface area contributed by atoms with Crippen molar-refractivity contribution in [1.29, 1.82) is 0 Å². The molecule has 172 valence electrons.